The lowest BCUT2D eigenvalue weighted by atomic mass is 9.97. The number of benzene rings is 1. The van der Waals surface area contributed by atoms with Gasteiger partial charge in [0.2, 0.25) is 0 Å². The molecule has 1 atom stereocenters. The van der Waals surface area contributed by atoms with E-state index in [1.165, 1.54) is 12.1 Å². The highest BCUT2D eigenvalue weighted by atomic mass is 19.3. The summed E-state index contributed by atoms with van der Waals surface area (Å²) in [5, 5.41) is 0. The second-order valence-electron chi connectivity index (χ2n) is 7.38. The summed E-state index contributed by atoms with van der Waals surface area (Å²) in [7, 11) is 0. The smallest absolute Gasteiger partial charge is 0.282 e. The highest BCUT2D eigenvalue weighted by Gasteiger charge is 2.44. The van der Waals surface area contributed by atoms with Crippen molar-refractivity contribution < 1.29 is 13.2 Å². The number of alkyl halides is 2. The van der Waals surface area contributed by atoms with Crippen LogP contribution >= 0.6 is 0 Å². The monoisotopic (exact) mass is 399 g/mol. The third kappa shape index (κ3) is 4.70. The molecule has 3 heterocycles. The fourth-order valence-corrected chi connectivity index (χ4v) is 3.34. The van der Waals surface area contributed by atoms with Crippen LogP contribution < -0.4 is 4.90 Å². The van der Waals surface area contributed by atoms with Crippen LogP contribution in [0, 0.1) is 5.82 Å². The Morgan fingerprint density at radius 1 is 1.07 bits per heavy atom. The Morgan fingerprint density at radius 3 is 2.48 bits per heavy atom. The second kappa shape index (κ2) is 7.77. The Bertz CT molecular complexity index is 971. The van der Waals surface area contributed by atoms with Crippen molar-refractivity contribution in [3.05, 3.63) is 77.5 Å². The molecule has 0 saturated carbocycles. The molecule has 3 aromatic rings. The van der Waals surface area contributed by atoms with Gasteiger partial charge in [0.05, 0.1) is 24.5 Å². The van der Waals surface area contributed by atoms with Crippen molar-refractivity contribution >= 4 is 5.82 Å². The maximum Gasteiger partial charge on any atom is 0.282 e. The predicted molar refractivity (Wildman–Crippen MR) is 103 cm³/mol. The largest absolute Gasteiger partial charge is 0.344 e. The van der Waals surface area contributed by atoms with Gasteiger partial charge in [0.15, 0.2) is 0 Å². The molecule has 1 fully saturated rings. The van der Waals surface area contributed by atoms with E-state index in [9.17, 15) is 13.2 Å². The SMILES string of the molecule is C[C@H](Cc1nc(Cc2cnccn2)cc(N2CC(F)(F)C2)n1)c1ccc(F)cc1. The van der Waals surface area contributed by atoms with Gasteiger partial charge in [0.1, 0.15) is 17.5 Å². The van der Waals surface area contributed by atoms with Gasteiger partial charge in [-0.05, 0) is 23.6 Å². The first kappa shape index (κ1) is 19.3. The van der Waals surface area contributed by atoms with Gasteiger partial charge in [-0.25, -0.2) is 23.1 Å². The van der Waals surface area contributed by atoms with Crippen LogP contribution in [-0.4, -0.2) is 38.9 Å². The Hall–Kier alpha value is -3.03. The van der Waals surface area contributed by atoms with Crippen molar-refractivity contribution in [2.45, 2.75) is 31.6 Å². The molecular formula is C21H20F3N5. The Morgan fingerprint density at radius 2 is 1.83 bits per heavy atom. The van der Waals surface area contributed by atoms with E-state index in [1.54, 1.807) is 41.7 Å². The molecule has 2 aromatic heterocycles. The van der Waals surface area contributed by atoms with Crippen LogP contribution in [0.3, 0.4) is 0 Å². The lowest BCUT2D eigenvalue weighted by Gasteiger charge is -2.39. The number of hydrogen-bond donors (Lipinski definition) is 0. The van der Waals surface area contributed by atoms with E-state index in [1.807, 2.05) is 6.92 Å². The number of aromatic nitrogens is 4. The Balaban J connectivity index is 1.59. The summed E-state index contributed by atoms with van der Waals surface area (Å²) in [6, 6.07) is 8.05. The lowest BCUT2D eigenvalue weighted by Crippen LogP contribution is -2.56. The van der Waals surface area contributed by atoms with Crippen molar-refractivity contribution in [1.82, 2.24) is 19.9 Å². The Labute approximate surface area is 166 Å². The maximum absolute atomic E-state index is 13.4. The van der Waals surface area contributed by atoms with Crippen molar-refractivity contribution in [2.24, 2.45) is 0 Å². The van der Waals surface area contributed by atoms with Crippen molar-refractivity contribution in [3.8, 4) is 0 Å². The first-order valence-corrected chi connectivity index (χ1v) is 9.38. The van der Waals surface area contributed by atoms with E-state index in [0.29, 0.717) is 30.2 Å². The zero-order valence-electron chi connectivity index (χ0n) is 15.9. The Kier molecular flexibility index (Phi) is 5.17. The third-order valence-corrected chi connectivity index (χ3v) is 4.89. The van der Waals surface area contributed by atoms with Crippen LogP contribution in [0.1, 0.15) is 35.6 Å². The average Bonchev–Trinajstić information content (AvgIpc) is 2.67. The van der Waals surface area contributed by atoms with Gasteiger partial charge in [0, 0.05) is 37.5 Å². The van der Waals surface area contributed by atoms with E-state index in [-0.39, 0.29) is 24.8 Å². The molecule has 1 aliphatic rings. The van der Waals surface area contributed by atoms with Crippen LogP contribution in [0.2, 0.25) is 0 Å². The number of anilines is 1. The molecule has 8 heteroatoms. The molecular weight excluding hydrogens is 379 g/mol. The second-order valence-corrected chi connectivity index (χ2v) is 7.38. The molecule has 1 saturated heterocycles. The quantitative estimate of drug-likeness (QED) is 0.631. The molecule has 4 rings (SSSR count). The fourth-order valence-electron chi connectivity index (χ4n) is 3.34. The minimum absolute atomic E-state index is 0.0491. The van der Waals surface area contributed by atoms with Crippen LogP contribution in [0.15, 0.2) is 48.9 Å². The highest BCUT2D eigenvalue weighted by Crippen LogP contribution is 2.31. The predicted octanol–water partition coefficient (Wildman–Crippen LogP) is 3.80. The summed E-state index contributed by atoms with van der Waals surface area (Å²) in [6.07, 6.45) is 5.79. The molecule has 0 unspecified atom stereocenters. The van der Waals surface area contributed by atoms with Gasteiger partial charge in [-0.1, -0.05) is 19.1 Å². The number of rotatable bonds is 6. The molecule has 0 N–H and O–H groups in total. The zero-order chi connectivity index (χ0) is 20.4. The fraction of sp³-hybridized carbons (Fsp3) is 0.333. The minimum Gasteiger partial charge on any atom is -0.344 e. The summed E-state index contributed by atoms with van der Waals surface area (Å²) in [6.45, 7) is 1.31. The summed E-state index contributed by atoms with van der Waals surface area (Å²) >= 11 is 0. The number of halogens is 3. The molecule has 0 amide bonds. The zero-order valence-corrected chi connectivity index (χ0v) is 15.9. The summed E-state index contributed by atoms with van der Waals surface area (Å²) in [5.74, 6) is -1.87. The van der Waals surface area contributed by atoms with E-state index >= 15 is 0 Å². The van der Waals surface area contributed by atoms with Crippen LogP contribution in [0.4, 0.5) is 19.0 Å². The van der Waals surface area contributed by atoms with Crippen molar-refractivity contribution in [2.75, 3.05) is 18.0 Å². The molecule has 5 nitrogen and oxygen atoms in total. The van der Waals surface area contributed by atoms with Gasteiger partial charge in [0.25, 0.3) is 5.92 Å². The molecule has 1 aromatic carbocycles. The van der Waals surface area contributed by atoms with E-state index in [0.717, 1.165) is 11.3 Å². The van der Waals surface area contributed by atoms with Crippen LogP contribution in [-0.2, 0) is 12.8 Å². The average molecular weight is 399 g/mol. The van der Waals surface area contributed by atoms with Crippen molar-refractivity contribution in [3.63, 3.8) is 0 Å². The summed E-state index contributed by atoms with van der Waals surface area (Å²) in [4.78, 5) is 19.0. The normalized spacial score (nSPS) is 16.3. The third-order valence-electron chi connectivity index (χ3n) is 4.89. The lowest BCUT2D eigenvalue weighted by molar-refractivity contribution is -0.0267. The standard InChI is InChI=1S/C21H20F3N5/c1-14(15-2-4-16(22)5-3-15)8-19-27-17(9-18-11-25-6-7-26-18)10-20(28-19)29-12-21(23,24)13-29/h2-7,10-11,14H,8-9,12-13H2,1H3/t14-/m1/s1. The van der Waals surface area contributed by atoms with E-state index in [2.05, 4.69) is 19.9 Å². The van der Waals surface area contributed by atoms with Gasteiger partial charge < -0.3 is 4.90 Å². The molecule has 0 spiro atoms. The minimum atomic E-state index is -2.68. The molecule has 150 valence electrons. The summed E-state index contributed by atoms with van der Waals surface area (Å²) < 4.78 is 39.9. The number of hydrogen-bond acceptors (Lipinski definition) is 5. The summed E-state index contributed by atoms with van der Waals surface area (Å²) in [5.41, 5.74) is 2.40. The van der Waals surface area contributed by atoms with Gasteiger partial charge >= 0.3 is 0 Å². The molecule has 0 radical (unpaired) electrons. The van der Waals surface area contributed by atoms with E-state index in [4.69, 9.17) is 0 Å². The molecule has 0 aliphatic carbocycles. The van der Waals surface area contributed by atoms with Gasteiger partial charge in [-0.2, -0.15) is 0 Å². The van der Waals surface area contributed by atoms with E-state index < -0.39 is 5.92 Å². The topological polar surface area (TPSA) is 54.8 Å². The first-order valence-electron chi connectivity index (χ1n) is 9.38. The van der Waals surface area contributed by atoms with Crippen molar-refractivity contribution in [1.29, 1.82) is 0 Å². The van der Waals surface area contributed by atoms with Crippen LogP contribution in [0.5, 0.6) is 0 Å². The molecule has 0 bridgehead atoms. The first-order chi connectivity index (χ1) is 13.9. The van der Waals surface area contributed by atoms with Gasteiger partial charge in [-0.3, -0.25) is 9.97 Å². The molecule has 29 heavy (non-hydrogen) atoms. The number of nitrogens with zero attached hydrogens (tertiary/aromatic N) is 5. The molecule has 1 aliphatic heterocycles. The van der Waals surface area contributed by atoms with Crippen LogP contribution in [0.25, 0.3) is 0 Å². The van der Waals surface area contributed by atoms with Gasteiger partial charge in [-0.15, -0.1) is 0 Å². The highest BCUT2D eigenvalue weighted by molar-refractivity contribution is 5.45. The maximum atomic E-state index is 13.4.